The van der Waals surface area contributed by atoms with Gasteiger partial charge in [-0.25, -0.2) is 4.98 Å². The Morgan fingerprint density at radius 2 is 2.10 bits per heavy atom. The Hall–Kier alpha value is -1.88. The summed E-state index contributed by atoms with van der Waals surface area (Å²) in [5.41, 5.74) is 8.84. The molecule has 0 spiro atoms. The van der Waals surface area contributed by atoms with Crippen LogP contribution in [0.25, 0.3) is 11.4 Å². The SMILES string of the molecule is COc1cc(C)c(-c2n[nH]c(CCN)n2)cc1C(C)C. The number of aromatic nitrogens is 3. The molecule has 0 aliphatic heterocycles. The number of benzene rings is 1. The van der Waals surface area contributed by atoms with Crippen LogP contribution < -0.4 is 10.5 Å². The molecule has 0 atom stereocenters. The first-order chi connectivity index (χ1) is 9.56. The Morgan fingerprint density at radius 1 is 1.35 bits per heavy atom. The summed E-state index contributed by atoms with van der Waals surface area (Å²) in [6.07, 6.45) is 0.708. The smallest absolute Gasteiger partial charge is 0.181 e. The first-order valence-electron chi connectivity index (χ1n) is 6.87. The molecular weight excluding hydrogens is 252 g/mol. The van der Waals surface area contributed by atoms with Crippen LogP contribution in [0.2, 0.25) is 0 Å². The van der Waals surface area contributed by atoms with E-state index >= 15 is 0 Å². The molecule has 5 nitrogen and oxygen atoms in total. The molecule has 0 aliphatic carbocycles. The summed E-state index contributed by atoms with van der Waals surface area (Å²) in [5.74, 6) is 2.84. The normalized spacial score (nSPS) is 11.1. The minimum Gasteiger partial charge on any atom is -0.496 e. The predicted octanol–water partition coefficient (Wildman–Crippen LogP) is 2.41. The third-order valence-corrected chi connectivity index (χ3v) is 3.35. The molecule has 0 radical (unpaired) electrons. The van der Waals surface area contributed by atoms with Crippen molar-refractivity contribution in [2.75, 3.05) is 13.7 Å². The number of rotatable bonds is 5. The van der Waals surface area contributed by atoms with Gasteiger partial charge in [0.2, 0.25) is 0 Å². The van der Waals surface area contributed by atoms with Gasteiger partial charge >= 0.3 is 0 Å². The molecule has 5 heteroatoms. The largest absolute Gasteiger partial charge is 0.496 e. The van der Waals surface area contributed by atoms with E-state index in [1.54, 1.807) is 7.11 Å². The van der Waals surface area contributed by atoms with E-state index in [2.05, 4.69) is 35.1 Å². The maximum absolute atomic E-state index is 5.54. The maximum Gasteiger partial charge on any atom is 0.181 e. The number of ether oxygens (including phenoxy) is 1. The Balaban J connectivity index is 2.47. The van der Waals surface area contributed by atoms with Gasteiger partial charge in [0.25, 0.3) is 0 Å². The molecule has 108 valence electrons. The number of nitrogens with two attached hydrogens (primary N) is 1. The second-order valence-corrected chi connectivity index (χ2v) is 5.21. The molecule has 0 amide bonds. The third kappa shape index (κ3) is 2.82. The highest BCUT2D eigenvalue weighted by molar-refractivity contribution is 5.64. The zero-order valence-electron chi connectivity index (χ0n) is 12.5. The van der Waals surface area contributed by atoms with Crippen molar-refractivity contribution < 1.29 is 4.74 Å². The highest BCUT2D eigenvalue weighted by Crippen LogP contribution is 2.33. The number of aromatic amines is 1. The van der Waals surface area contributed by atoms with Crippen LogP contribution in [0.3, 0.4) is 0 Å². The predicted molar refractivity (Wildman–Crippen MR) is 80.0 cm³/mol. The first-order valence-corrected chi connectivity index (χ1v) is 6.87. The van der Waals surface area contributed by atoms with Crippen LogP contribution in [0, 0.1) is 6.92 Å². The average molecular weight is 274 g/mol. The van der Waals surface area contributed by atoms with E-state index in [-0.39, 0.29) is 0 Å². The third-order valence-electron chi connectivity index (χ3n) is 3.35. The van der Waals surface area contributed by atoms with Crippen LogP contribution >= 0.6 is 0 Å². The molecule has 2 rings (SSSR count). The number of aryl methyl sites for hydroxylation is 1. The number of hydrogen-bond acceptors (Lipinski definition) is 4. The lowest BCUT2D eigenvalue weighted by molar-refractivity contribution is 0.407. The summed E-state index contributed by atoms with van der Waals surface area (Å²) >= 11 is 0. The molecule has 1 aromatic carbocycles. The summed E-state index contributed by atoms with van der Waals surface area (Å²) in [6.45, 7) is 6.90. The summed E-state index contributed by atoms with van der Waals surface area (Å²) in [4.78, 5) is 4.50. The van der Waals surface area contributed by atoms with E-state index in [1.165, 1.54) is 5.56 Å². The Kier molecular flexibility index (Phi) is 4.39. The Labute approximate surface area is 119 Å². The second kappa shape index (κ2) is 6.05. The molecule has 0 aliphatic rings. The van der Waals surface area contributed by atoms with Gasteiger partial charge < -0.3 is 10.5 Å². The van der Waals surface area contributed by atoms with Crippen molar-refractivity contribution >= 4 is 0 Å². The number of nitrogens with zero attached hydrogens (tertiary/aromatic N) is 2. The fourth-order valence-electron chi connectivity index (χ4n) is 2.23. The quantitative estimate of drug-likeness (QED) is 0.877. The van der Waals surface area contributed by atoms with Crippen LogP contribution in [-0.4, -0.2) is 28.8 Å². The van der Waals surface area contributed by atoms with E-state index in [0.717, 1.165) is 28.5 Å². The van der Waals surface area contributed by atoms with Gasteiger partial charge in [0.05, 0.1) is 7.11 Å². The number of methoxy groups -OCH3 is 1. The van der Waals surface area contributed by atoms with Crippen molar-refractivity contribution in [2.45, 2.75) is 33.1 Å². The molecule has 3 N–H and O–H groups in total. The van der Waals surface area contributed by atoms with Gasteiger partial charge in [-0.3, -0.25) is 5.10 Å². The fourth-order valence-corrected chi connectivity index (χ4v) is 2.23. The summed E-state index contributed by atoms with van der Waals surface area (Å²) < 4.78 is 5.46. The molecule has 20 heavy (non-hydrogen) atoms. The van der Waals surface area contributed by atoms with Crippen LogP contribution in [0.5, 0.6) is 5.75 Å². The molecule has 0 saturated heterocycles. The van der Waals surface area contributed by atoms with Crippen LogP contribution in [0.4, 0.5) is 0 Å². The van der Waals surface area contributed by atoms with Gasteiger partial charge in [-0.15, -0.1) is 0 Å². The molecule has 0 unspecified atom stereocenters. The minimum atomic E-state index is 0.381. The van der Waals surface area contributed by atoms with Crippen LogP contribution in [0.15, 0.2) is 12.1 Å². The number of H-pyrrole nitrogens is 1. The molecule has 1 heterocycles. The molecular formula is C15H22N4O. The molecule has 2 aromatic rings. The standard InChI is InChI=1S/C15H22N4O/c1-9(2)11-8-12(10(3)7-13(11)20-4)15-17-14(5-6-16)18-19-15/h7-9H,5-6,16H2,1-4H3,(H,17,18,19). The van der Waals surface area contributed by atoms with Gasteiger partial charge in [-0.05, 0) is 42.6 Å². The Bertz CT molecular complexity index is 590. The second-order valence-electron chi connectivity index (χ2n) is 5.21. The lowest BCUT2D eigenvalue weighted by atomic mass is 9.96. The summed E-state index contributed by atoms with van der Waals surface area (Å²) in [5, 5.41) is 7.23. The van der Waals surface area contributed by atoms with Crippen molar-refractivity contribution in [1.29, 1.82) is 0 Å². The van der Waals surface area contributed by atoms with Crippen molar-refractivity contribution in [3.8, 4) is 17.1 Å². The lowest BCUT2D eigenvalue weighted by Crippen LogP contribution is -2.04. The van der Waals surface area contributed by atoms with Gasteiger partial charge in [-0.2, -0.15) is 5.10 Å². The lowest BCUT2D eigenvalue weighted by Gasteiger charge is -2.14. The maximum atomic E-state index is 5.54. The van der Waals surface area contributed by atoms with Crippen molar-refractivity contribution in [1.82, 2.24) is 15.2 Å². The van der Waals surface area contributed by atoms with Gasteiger partial charge in [0, 0.05) is 12.0 Å². The van der Waals surface area contributed by atoms with E-state index in [4.69, 9.17) is 10.5 Å². The molecule has 0 bridgehead atoms. The van der Waals surface area contributed by atoms with Crippen LogP contribution in [0.1, 0.15) is 36.7 Å². The Morgan fingerprint density at radius 3 is 2.70 bits per heavy atom. The number of nitrogens with one attached hydrogen (secondary N) is 1. The monoisotopic (exact) mass is 274 g/mol. The van der Waals surface area contributed by atoms with E-state index < -0.39 is 0 Å². The number of hydrogen-bond donors (Lipinski definition) is 2. The van der Waals surface area contributed by atoms with Crippen molar-refractivity contribution in [2.24, 2.45) is 5.73 Å². The minimum absolute atomic E-state index is 0.381. The highest BCUT2D eigenvalue weighted by atomic mass is 16.5. The molecule has 0 saturated carbocycles. The average Bonchev–Trinajstić information content (AvgIpc) is 2.86. The first kappa shape index (κ1) is 14.5. The van der Waals surface area contributed by atoms with Crippen LogP contribution in [-0.2, 0) is 6.42 Å². The molecule has 1 aromatic heterocycles. The van der Waals surface area contributed by atoms with E-state index in [1.807, 2.05) is 13.0 Å². The van der Waals surface area contributed by atoms with Gasteiger partial charge in [0.1, 0.15) is 11.6 Å². The molecule has 0 fully saturated rings. The van der Waals surface area contributed by atoms with Crippen molar-refractivity contribution in [3.63, 3.8) is 0 Å². The summed E-state index contributed by atoms with van der Waals surface area (Å²) in [6, 6.07) is 4.16. The van der Waals surface area contributed by atoms with Gasteiger partial charge in [0.15, 0.2) is 5.82 Å². The van der Waals surface area contributed by atoms with E-state index in [0.29, 0.717) is 18.9 Å². The topological polar surface area (TPSA) is 76.8 Å². The zero-order chi connectivity index (χ0) is 14.7. The van der Waals surface area contributed by atoms with E-state index in [9.17, 15) is 0 Å². The van der Waals surface area contributed by atoms with Crippen molar-refractivity contribution in [3.05, 3.63) is 29.1 Å². The fraction of sp³-hybridized carbons (Fsp3) is 0.467. The highest BCUT2D eigenvalue weighted by Gasteiger charge is 2.15. The van der Waals surface area contributed by atoms with Gasteiger partial charge in [-0.1, -0.05) is 13.8 Å². The zero-order valence-corrected chi connectivity index (χ0v) is 12.5. The summed E-state index contributed by atoms with van der Waals surface area (Å²) in [7, 11) is 1.70.